The lowest BCUT2D eigenvalue weighted by atomic mass is 10.1. The SMILES string of the molecule is CC#CCNC1CCc2ccc(Cl)cc21. The smallest absolute Gasteiger partial charge is 0.0581 e. The minimum Gasteiger partial charge on any atom is -0.299 e. The number of hydrogen-bond donors (Lipinski definition) is 1. The van der Waals surface area contributed by atoms with E-state index in [1.807, 2.05) is 13.0 Å². The summed E-state index contributed by atoms with van der Waals surface area (Å²) in [5.74, 6) is 5.91. The molecule has 1 nitrogen and oxygen atoms in total. The van der Waals surface area contributed by atoms with Crippen molar-refractivity contribution in [3.05, 3.63) is 34.3 Å². The summed E-state index contributed by atoms with van der Waals surface area (Å²) in [7, 11) is 0. The van der Waals surface area contributed by atoms with E-state index in [1.54, 1.807) is 0 Å². The van der Waals surface area contributed by atoms with E-state index >= 15 is 0 Å². The minimum atomic E-state index is 0.430. The molecule has 0 amide bonds. The van der Waals surface area contributed by atoms with Gasteiger partial charge in [0.15, 0.2) is 0 Å². The maximum absolute atomic E-state index is 5.99. The quantitative estimate of drug-likeness (QED) is 0.755. The molecule has 78 valence electrons. The van der Waals surface area contributed by atoms with Gasteiger partial charge in [-0.2, -0.15) is 0 Å². The zero-order valence-electron chi connectivity index (χ0n) is 8.81. The predicted molar refractivity (Wildman–Crippen MR) is 64.0 cm³/mol. The first-order valence-electron chi connectivity index (χ1n) is 5.22. The van der Waals surface area contributed by atoms with Gasteiger partial charge in [-0.05, 0) is 43.0 Å². The summed E-state index contributed by atoms with van der Waals surface area (Å²) in [5, 5.41) is 4.26. The molecular formula is C13H14ClN. The average Bonchev–Trinajstić information content (AvgIpc) is 2.62. The van der Waals surface area contributed by atoms with Crippen LogP contribution in [0.2, 0.25) is 5.02 Å². The first-order valence-corrected chi connectivity index (χ1v) is 5.60. The van der Waals surface area contributed by atoms with Crippen molar-refractivity contribution < 1.29 is 0 Å². The monoisotopic (exact) mass is 219 g/mol. The van der Waals surface area contributed by atoms with Crippen LogP contribution < -0.4 is 5.32 Å². The Bertz CT molecular complexity index is 414. The topological polar surface area (TPSA) is 12.0 Å². The van der Waals surface area contributed by atoms with Crippen molar-refractivity contribution in [3.63, 3.8) is 0 Å². The van der Waals surface area contributed by atoms with Gasteiger partial charge in [-0.15, -0.1) is 5.92 Å². The summed E-state index contributed by atoms with van der Waals surface area (Å²) in [6, 6.07) is 6.60. The van der Waals surface area contributed by atoms with Gasteiger partial charge in [0.1, 0.15) is 0 Å². The molecule has 0 spiro atoms. The number of halogens is 1. The fourth-order valence-corrected chi connectivity index (χ4v) is 2.23. The van der Waals surface area contributed by atoms with E-state index < -0.39 is 0 Å². The van der Waals surface area contributed by atoms with Crippen LogP contribution >= 0.6 is 11.6 Å². The molecule has 1 aliphatic carbocycles. The second-order valence-electron chi connectivity index (χ2n) is 3.74. The Morgan fingerprint density at radius 3 is 3.20 bits per heavy atom. The molecule has 0 fully saturated rings. The van der Waals surface area contributed by atoms with Gasteiger partial charge < -0.3 is 0 Å². The van der Waals surface area contributed by atoms with E-state index in [-0.39, 0.29) is 0 Å². The summed E-state index contributed by atoms with van der Waals surface area (Å²) in [6.45, 7) is 2.62. The van der Waals surface area contributed by atoms with Gasteiger partial charge in [0.2, 0.25) is 0 Å². The van der Waals surface area contributed by atoms with Crippen molar-refractivity contribution in [2.75, 3.05) is 6.54 Å². The summed E-state index contributed by atoms with van der Waals surface area (Å²) >= 11 is 5.99. The molecule has 2 heteroatoms. The average molecular weight is 220 g/mol. The van der Waals surface area contributed by atoms with Crippen LogP contribution in [0.15, 0.2) is 18.2 Å². The van der Waals surface area contributed by atoms with Gasteiger partial charge in [0, 0.05) is 11.1 Å². The van der Waals surface area contributed by atoms with E-state index in [0.717, 1.165) is 24.4 Å². The van der Waals surface area contributed by atoms with E-state index in [2.05, 4.69) is 29.3 Å². The first-order chi connectivity index (χ1) is 7.31. The molecule has 1 aromatic carbocycles. The van der Waals surface area contributed by atoms with E-state index in [9.17, 15) is 0 Å². The maximum Gasteiger partial charge on any atom is 0.0581 e. The van der Waals surface area contributed by atoms with Crippen LogP contribution in [0.4, 0.5) is 0 Å². The molecular weight excluding hydrogens is 206 g/mol. The van der Waals surface area contributed by atoms with Gasteiger partial charge in [-0.1, -0.05) is 23.6 Å². The maximum atomic E-state index is 5.99. The number of rotatable bonds is 2. The zero-order valence-corrected chi connectivity index (χ0v) is 9.56. The molecule has 1 aromatic rings. The highest BCUT2D eigenvalue weighted by Gasteiger charge is 2.21. The lowest BCUT2D eigenvalue weighted by Gasteiger charge is -2.11. The highest BCUT2D eigenvalue weighted by Crippen LogP contribution is 2.32. The van der Waals surface area contributed by atoms with Crippen molar-refractivity contribution >= 4 is 11.6 Å². The van der Waals surface area contributed by atoms with E-state index in [0.29, 0.717) is 6.04 Å². The molecule has 1 atom stereocenters. The molecule has 0 saturated carbocycles. The highest BCUT2D eigenvalue weighted by molar-refractivity contribution is 6.30. The third-order valence-electron chi connectivity index (χ3n) is 2.80. The molecule has 0 heterocycles. The Kier molecular flexibility index (Phi) is 3.30. The van der Waals surface area contributed by atoms with Gasteiger partial charge in [-0.3, -0.25) is 5.32 Å². The second-order valence-corrected chi connectivity index (χ2v) is 4.18. The zero-order chi connectivity index (χ0) is 10.7. The summed E-state index contributed by atoms with van der Waals surface area (Å²) in [4.78, 5) is 0. The molecule has 1 N–H and O–H groups in total. The lowest BCUT2D eigenvalue weighted by molar-refractivity contribution is 0.568. The van der Waals surface area contributed by atoms with Crippen molar-refractivity contribution in [1.82, 2.24) is 5.32 Å². The molecule has 15 heavy (non-hydrogen) atoms. The number of aryl methyl sites for hydroxylation is 1. The fraction of sp³-hybridized carbons (Fsp3) is 0.385. The van der Waals surface area contributed by atoms with Crippen molar-refractivity contribution in [1.29, 1.82) is 0 Å². The number of nitrogens with one attached hydrogen (secondary N) is 1. The van der Waals surface area contributed by atoms with Crippen LogP contribution in [0.3, 0.4) is 0 Å². The molecule has 0 saturated heterocycles. The first kappa shape index (κ1) is 10.5. The fourth-order valence-electron chi connectivity index (χ4n) is 2.05. The van der Waals surface area contributed by atoms with Crippen LogP contribution in [-0.4, -0.2) is 6.54 Å². The third-order valence-corrected chi connectivity index (χ3v) is 3.03. The molecule has 1 unspecified atom stereocenters. The number of benzene rings is 1. The van der Waals surface area contributed by atoms with Crippen LogP contribution in [0.25, 0.3) is 0 Å². The Morgan fingerprint density at radius 1 is 1.53 bits per heavy atom. The summed E-state index contributed by atoms with van der Waals surface area (Å²) < 4.78 is 0. The van der Waals surface area contributed by atoms with E-state index in [4.69, 9.17) is 11.6 Å². The van der Waals surface area contributed by atoms with Crippen molar-refractivity contribution in [2.45, 2.75) is 25.8 Å². The van der Waals surface area contributed by atoms with E-state index in [1.165, 1.54) is 11.1 Å². The molecule has 0 aromatic heterocycles. The standard InChI is InChI=1S/C13H14ClN/c1-2-3-8-15-13-7-5-10-4-6-11(14)9-12(10)13/h4,6,9,13,15H,5,7-8H2,1H3. The Morgan fingerprint density at radius 2 is 2.40 bits per heavy atom. The van der Waals surface area contributed by atoms with Crippen LogP contribution in [0, 0.1) is 11.8 Å². The molecule has 0 bridgehead atoms. The molecule has 0 radical (unpaired) electrons. The van der Waals surface area contributed by atoms with Crippen LogP contribution in [0.1, 0.15) is 30.5 Å². The molecule has 2 rings (SSSR count). The predicted octanol–water partition coefficient (Wildman–Crippen LogP) is 2.94. The van der Waals surface area contributed by atoms with Gasteiger partial charge in [0.05, 0.1) is 6.54 Å². The Balaban J connectivity index is 2.12. The normalized spacial score (nSPS) is 18.1. The lowest BCUT2D eigenvalue weighted by Crippen LogP contribution is -2.19. The largest absolute Gasteiger partial charge is 0.299 e. The van der Waals surface area contributed by atoms with Crippen LogP contribution in [-0.2, 0) is 6.42 Å². The van der Waals surface area contributed by atoms with Gasteiger partial charge >= 0.3 is 0 Å². The Hall–Kier alpha value is -0.970. The molecule has 1 aliphatic rings. The minimum absolute atomic E-state index is 0.430. The Labute approximate surface area is 95.8 Å². The van der Waals surface area contributed by atoms with Crippen LogP contribution in [0.5, 0.6) is 0 Å². The highest BCUT2D eigenvalue weighted by atomic mass is 35.5. The molecule has 0 aliphatic heterocycles. The van der Waals surface area contributed by atoms with Gasteiger partial charge in [-0.25, -0.2) is 0 Å². The van der Waals surface area contributed by atoms with Crippen molar-refractivity contribution in [2.24, 2.45) is 0 Å². The third kappa shape index (κ3) is 2.34. The van der Waals surface area contributed by atoms with Gasteiger partial charge in [0.25, 0.3) is 0 Å². The second kappa shape index (κ2) is 4.70. The number of fused-ring (bicyclic) bond motifs is 1. The number of hydrogen-bond acceptors (Lipinski definition) is 1. The summed E-state index contributed by atoms with van der Waals surface area (Å²) in [5.41, 5.74) is 2.77. The van der Waals surface area contributed by atoms with Crippen molar-refractivity contribution in [3.8, 4) is 11.8 Å². The summed E-state index contributed by atoms with van der Waals surface area (Å²) in [6.07, 6.45) is 2.30.